The summed E-state index contributed by atoms with van der Waals surface area (Å²) in [4.78, 5) is 20.6. The van der Waals surface area contributed by atoms with Gasteiger partial charge in [0.15, 0.2) is 0 Å². The third-order valence-corrected chi connectivity index (χ3v) is 6.44. The van der Waals surface area contributed by atoms with Gasteiger partial charge in [0, 0.05) is 45.0 Å². The molecule has 1 N–H and O–H groups in total. The first-order valence-corrected chi connectivity index (χ1v) is 12.6. The van der Waals surface area contributed by atoms with Gasteiger partial charge in [-0.3, -0.25) is 4.79 Å². The number of rotatable bonds is 9. The van der Waals surface area contributed by atoms with Crippen molar-refractivity contribution >= 4 is 5.91 Å². The molecule has 7 nitrogen and oxygen atoms in total. The van der Waals surface area contributed by atoms with Gasteiger partial charge in [0.25, 0.3) is 0 Å². The van der Waals surface area contributed by atoms with Gasteiger partial charge in [-0.2, -0.15) is 0 Å². The van der Waals surface area contributed by atoms with Crippen molar-refractivity contribution < 1.29 is 14.3 Å². The summed E-state index contributed by atoms with van der Waals surface area (Å²) >= 11 is 0. The molecule has 36 heavy (non-hydrogen) atoms. The van der Waals surface area contributed by atoms with Crippen LogP contribution in [0.25, 0.3) is 11.3 Å². The average Bonchev–Trinajstić information content (AvgIpc) is 3.27. The third kappa shape index (κ3) is 6.40. The first-order chi connectivity index (χ1) is 17.4. The number of nitrogens with zero attached hydrogens (tertiary/aromatic N) is 3. The molecule has 1 amide bonds. The topological polar surface area (TPSA) is 68.6 Å². The average molecular weight is 491 g/mol. The number of hydrogen-bond acceptors (Lipinski definition) is 5. The van der Waals surface area contributed by atoms with Crippen LogP contribution in [0.5, 0.6) is 0 Å². The lowest BCUT2D eigenvalue weighted by Gasteiger charge is -2.42. The van der Waals surface area contributed by atoms with E-state index in [0.29, 0.717) is 26.2 Å². The van der Waals surface area contributed by atoms with Crippen LogP contribution in [0.3, 0.4) is 0 Å². The zero-order chi connectivity index (χ0) is 25.5. The monoisotopic (exact) mass is 490 g/mol. The minimum Gasteiger partial charge on any atom is -0.375 e. The minimum atomic E-state index is -0.292. The maximum absolute atomic E-state index is 13.5. The molecule has 2 heterocycles. The van der Waals surface area contributed by atoms with Gasteiger partial charge >= 0.3 is 0 Å². The zero-order valence-electron chi connectivity index (χ0n) is 21.8. The van der Waals surface area contributed by atoms with Gasteiger partial charge < -0.3 is 24.3 Å². The van der Waals surface area contributed by atoms with Gasteiger partial charge in [0.1, 0.15) is 12.4 Å². The predicted octanol–water partition coefficient (Wildman–Crippen LogP) is 4.15. The highest BCUT2D eigenvalue weighted by Gasteiger charge is 2.39. The van der Waals surface area contributed by atoms with Crippen molar-refractivity contribution in [3.8, 4) is 11.3 Å². The molecule has 0 bridgehead atoms. The zero-order valence-corrected chi connectivity index (χ0v) is 21.8. The molecule has 1 fully saturated rings. The number of amides is 1. The van der Waals surface area contributed by atoms with Gasteiger partial charge in [-0.15, -0.1) is 0 Å². The summed E-state index contributed by atoms with van der Waals surface area (Å²) in [5.41, 5.74) is 2.83. The predicted molar refractivity (Wildman–Crippen MR) is 142 cm³/mol. The Morgan fingerprint density at radius 3 is 2.47 bits per heavy atom. The van der Waals surface area contributed by atoms with Crippen molar-refractivity contribution in [2.24, 2.45) is 5.41 Å². The molecule has 1 aliphatic rings. The number of hydrogen-bond donors (Lipinski definition) is 1. The van der Waals surface area contributed by atoms with E-state index in [4.69, 9.17) is 14.5 Å². The molecule has 192 valence electrons. The molecule has 0 radical (unpaired) electrons. The van der Waals surface area contributed by atoms with Crippen molar-refractivity contribution in [2.75, 3.05) is 40.0 Å². The Balaban J connectivity index is 1.80. The van der Waals surface area contributed by atoms with Crippen LogP contribution in [0.2, 0.25) is 0 Å². The summed E-state index contributed by atoms with van der Waals surface area (Å²) in [6.45, 7) is 9.80. The Kier molecular flexibility index (Phi) is 8.56. The second-order valence-corrected chi connectivity index (χ2v) is 10.4. The number of carbonyl (C=O) groups excluding carboxylic acids is 1. The molecule has 0 saturated carbocycles. The largest absolute Gasteiger partial charge is 0.375 e. The number of imidazole rings is 1. The fourth-order valence-corrected chi connectivity index (χ4v) is 4.81. The van der Waals surface area contributed by atoms with Gasteiger partial charge in [-0.1, -0.05) is 81.4 Å². The summed E-state index contributed by atoms with van der Waals surface area (Å²) in [5.74, 6) is 0.792. The van der Waals surface area contributed by atoms with E-state index in [1.54, 1.807) is 7.11 Å². The summed E-state index contributed by atoms with van der Waals surface area (Å²) < 4.78 is 13.5. The van der Waals surface area contributed by atoms with Crippen molar-refractivity contribution in [1.82, 2.24) is 19.8 Å². The van der Waals surface area contributed by atoms with Crippen LogP contribution < -0.4 is 5.32 Å². The fraction of sp³-hybridized carbons (Fsp3) is 0.448. The lowest BCUT2D eigenvalue weighted by atomic mass is 9.84. The molecule has 0 unspecified atom stereocenters. The maximum atomic E-state index is 13.5. The lowest BCUT2D eigenvalue weighted by molar-refractivity contribution is -0.144. The van der Waals surface area contributed by atoms with Crippen LogP contribution in [0.1, 0.15) is 38.2 Å². The van der Waals surface area contributed by atoms with Crippen molar-refractivity contribution in [3.63, 3.8) is 0 Å². The van der Waals surface area contributed by atoms with E-state index in [9.17, 15) is 4.79 Å². The van der Waals surface area contributed by atoms with E-state index in [2.05, 4.69) is 61.1 Å². The number of nitrogens with one attached hydrogen (secondary N) is 1. The molecule has 7 heteroatoms. The second kappa shape index (κ2) is 11.8. The Morgan fingerprint density at radius 2 is 1.86 bits per heavy atom. The number of aromatic nitrogens is 2. The van der Waals surface area contributed by atoms with Crippen LogP contribution in [0.4, 0.5) is 0 Å². The summed E-state index contributed by atoms with van der Waals surface area (Å²) in [5, 5.41) is 3.38. The highest BCUT2D eigenvalue weighted by molar-refractivity contribution is 5.78. The van der Waals surface area contributed by atoms with E-state index in [0.717, 1.165) is 23.6 Å². The molecule has 1 aliphatic heterocycles. The van der Waals surface area contributed by atoms with E-state index < -0.39 is 0 Å². The number of morpholine rings is 1. The number of methoxy groups -OCH3 is 1. The van der Waals surface area contributed by atoms with Gasteiger partial charge in [0.2, 0.25) is 5.91 Å². The normalized spacial score (nSPS) is 17.1. The molecular weight excluding hydrogens is 452 g/mol. The number of carbonyl (C=O) groups is 1. The van der Waals surface area contributed by atoms with E-state index in [1.807, 2.05) is 41.3 Å². The fourth-order valence-electron chi connectivity index (χ4n) is 4.81. The molecule has 1 saturated heterocycles. The maximum Gasteiger partial charge on any atom is 0.249 e. The van der Waals surface area contributed by atoms with E-state index >= 15 is 0 Å². The Morgan fingerprint density at radius 1 is 1.17 bits per heavy atom. The summed E-state index contributed by atoms with van der Waals surface area (Å²) in [6, 6.07) is 20.3. The summed E-state index contributed by atoms with van der Waals surface area (Å²) in [7, 11) is 1.56. The van der Waals surface area contributed by atoms with Crippen molar-refractivity contribution in [2.45, 2.75) is 39.5 Å². The van der Waals surface area contributed by atoms with Gasteiger partial charge in [-0.05, 0) is 11.0 Å². The Bertz CT molecular complexity index is 1100. The Labute approximate surface area is 214 Å². The highest BCUT2D eigenvalue weighted by atomic mass is 16.5. The van der Waals surface area contributed by atoms with Crippen LogP contribution >= 0.6 is 0 Å². The third-order valence-electron chi connectivity index (χ3n) is 6.44. The van der Waals surface area contributed by atoms with Crippen molar-refractivity contribution in [3.05, 3.63) is 78.2 Å². The highest BCUT2D eigenvalue weighted by Crippen LogP contribution is 2.39. The first kappa shape index (κ1) is 26.1. The smallest absolute Gasteiger partial charge is 0.249 e. The van der Waals surface area contributed by atoms with E-state index in [1.165, 1.54) is 5.56 Å². The molecule has 2 atom stereocenters. The first-order valence-electron chi connectivity index (χ1n) is 12.6. The standard InChI is InChI=1S/C29H38N4O3/c1-29(2,3)27(33(26(34)21-35-4)19-24-17-30-15-16-36-24)28-31-25(23-13-9-6-10-14-23)20-32(28)18-22-11-7-5-8-12-22/h5-14,20,24,27,30H,15-19,21H2,1-4H3/t24-,27+/m1/s1. The Hall–Kier alpha value is -3.00. The van der Waals surface area contributed by atoms with Crippen LogP contribution in [0.15, 0.2) is 66.9 Å². The SMILES string of the molecule is COCC(=O)N(C[C@H]1CNCCO1)[C@@H](c1nc(-c2ccccc2)cn1Cc1ccccc1)C(C)(C)C. The van der Waals surface area contributed by atoms with Gasteiger partial charge in [0.05, 0.1) is 24.4 Å². The quantitative estimate of drug-likeness (QED) is 0.488. The molecule has 0 aliphatic carbocycles. The molecule has 2 aromatic carbocycles. The van der Waals surface area contributed by atoms with Crippen molar-refractivity contribution in [1.29, 1.82) is 0 Å². The van der Waals surface area contributed by atoms with Crippen LogP contribution in [-0.4, -0.2) is 66.4 Å². The van der Waals surface area contributed by atoms with Crippen LogP contribution in [0, 0.1) is 5.41 Å². The minimum absolute atomic E-state index is 0.0116. The summed E-state index contributed by atoms with van der Waals surface area (Å²) in [6.07, 6.45) is 2.02. The van der Waals surface area contributed by atoms with E-state index in [-0.39, 0.29) is 30.1 Å². The van der Waals surface area contributed by atoms with Crippen LogP contribution in [-0.2, 0) is 20.8 Å². The molecule has 3 aromatic rings. The van der Waals surface area contributed by atoms with Gasteiger partial charge in [-0.25, -0.2) is 4.98 Å². The number of ether oxygens (including phenoxy) is 2. The number of benzene rings is 2. The molecule has 0 spiro atoms. The lowest BCUT2D eigenvalue weighted by Crippen LogP contribution is -2.51. The molecular formula is C29H38N4O3. The molecule has 4 rings (SSSR count). The molecule has 1 aromatic heterocycles. The second-order valence-electron chi connectivity index (χ2n) is 10.4.